The first-order valence-corrected chi connectivity index (χ1v) is 7.11. The van der Waals surface area contributed by atoms with Gasteiger partial charge in [-0.05, 0) is 6.07 Å². The maximum atomic E-state index is 13.0. The number of rotatable bonds is 6. The van der Waals surface area contributed by atoms with Gasteiger partial charge in [-0.15, -0.1) is 0 Å². The van der Waals surface area contributed by atoms with Crippen molar-refractivity contribution in [2.24, 2.45) is 5.73 Å². The Morgan fingerprint density at radius 1 is 1.56 bits per heavy atom. The molecule has 0 atom stereocenters. The maximum Gasteiger partial charge on any atom is 0.244 e. The standard InChI is InChI=1S/C10H14FN3O2S2/c1-2-14(4-3-10(12)17)18(15,16)9-5-8(11)6-13-7-9/h5-7H,2-4H2,1H3,(H2,12,17). The number of halogens is 1. The fraction of sp³-hybridized carbons (Fsp3) is 0.400. The second-order valence-electron chi connectivity index (χ2n) is 3.55. The van der Waals surface area contributed by atoms with E-state index in [0.717, 1.165) is 18.5 Å². The molecule has 0 bridgehead atoms. The summed E-state index contributed by atoms with van der Waals surface area (Å²) >= 11 is 4.71. The third-order valence-electron chi connectivity index (χ3n) is 2.28. The summed E-state index contributed by atoms with van der Waals surface area (Å²) < 4.78 is 38.5. The maximum absolute atomic E-state index is 13.0. The molecule has 0 unspecified atom stereocenters. The molecule has 0 aromatic carbocycles. The molecular weight excluding hydrogens is 277 g/mol. The van der Waals surface area contributed by atoms with Crippen LogP contribution in [0.2, 0.25) is 0 Å². The highest BCUT2D eigenvalue weighted by molar-refractivity contribution is 7.89. The van der Waals surface area contributed by atoms with Crippen molar-refractivity contribution in [3.05, 3.63) is 24.3 Å². The third kappa shape index (κ3) is 3.69. The van der Waals surface area contributed by atoms with Crippen LogP contribution in [0.25, 0.3) is 0 Å². The van der Waals surface area contributed by atoms with Gasteiger partial charge in [0.25, 0.3) is 0 Å². The second kappa shape index (κ2) is 6.17. The summed E-state index contributed by atoms with van der Waals surface area (Å²) in [5.74, 6) is -0.693. The van der Waals surface area contributed by atoms with Crippen molar-refractivity contribution in [2.45, 2.75) is 18.2 Å². The molecule has 100 valence electrons. The fourth-order valence-electron chi connectivity index (χ4n) is 1.37. The minimum absolute atomic E-state index is 0.171. The van der Waals surface area contributed by atoms with Crippen LogP contribution in [0, 0.1) is 5.82 Å². The monoisotopic (exact) mass is 291 g/mol. The van der Waals surface area contributed by atoms with E-state index in [0.29, 0.717) is 0 Å². The molecule has 18 heavy (non-hydrogen) atoms. The van der Waals surface area contributed by atoms with Crippen molar-refractivity contribution in [2.75, 3.05) is 13.1 Å². The van der Waals surface area contributed by atoms with Gasteiger partial charge < -0.3 is 5.73 Å². The van der Waals surface area contributed by atoms with Gasteiger partial charge in [-0.2, -0.15) is 4.31 Å². The van der Waals surface area contributed by atoms with Crippen molar-refractivity contribution in [3.8, 4) is 0 Å². The largest absolute Gasteiger partial charge is 0.393 e. The lowest BCUT2D eigenvalue weighted by molar-refractivity contribution is 0.436. The van der Waals surface area contributed by atoms with Crippen LogP contribution in [0.3, 0.4) is 0 Å². The summed E-state index contributed by atoms with van der Waals surface area (Å²) in [4.78, 5) is 3.59. The van der Waals surface area contributed by atoms with E-state index in [2.05, 4.69) is 4.98 Å². The van der Waals surface area contributed by atoms with Crippen LogP contribution in [0.4, 0.5) is 4.39 Å². The van der Waals surface area contributed by atoms with Crippen molar-refractivity contribution in [1.29, 1.82) is 0 Å². The molecule has 0 saturated carbocycles. The molecule has 0 radical (unpaired) electrons. The van der Waals surface area contributed by atoms with Crippen LogP contribution in [-0.2, 0) is 10.0 Å². The van der Waals surface area contributed by atoms with Crippen molar-refractivity contribution in [3.63, 3.8) is 0 Å². The first-order chi connectivity index (χ1) is 8.37. The van der Waals surface area contributed by atoms with E-state index in [-0.39, 0.29) is 29.4 Å². The first kappa shape index (κ1) is 14.9. The number of thiocarbonyl (C=S) groups is 1. The Labute approximate surface area is 111 Å². The lowest BCUT2D eigenvalue weighted by atomic mass is 10.4. The molecule has 1 rings (SSSR count). The summed E-state index contributed by atoms with van der Waals surface area (Å²) in [6.45, 7) is 2.11. The van der Waals surface area contributed by atoms with Crippen LogP contribution >= 0.6 is 12.2 Å². The minimum Gasteiger partial charge on any atom is -0.393 e. The first-order valence-electron chi connectivity index (χ1n) is 5.27. The zero-order chi connectivity index (χ0) is 13.8. The molecule has 1 heterocycles. The van der Waals surface area contributed by atoms with Gasteiger partial charge in [0.1, 0.15) is 10.7 Å². The van der Waals surface area contributed by atoms with Crippen molar-refractivity contribution >= 4 is 27.2 Å². The van der Waals surface area contributed by atoms with Crippen LogP contribution in [-0.4, -0.2) is 35.8 Å². The molecule has 0 aliphatic carbocycles. The smallest absolute Gasteiger partial charge is 0.244 e. The summed E-state index contributed by atoms with van der Waals surface area (Å²) in [5, 5.41) is 0. The Bertz CT molecular complexity index is 534. The third-order valence-corrected chi connectivity index (χ3v) is 4.42. The number of pyridine rings is 1. The van der Waals surface area contributed by atoms with Crippen LogP contribution in [0.1, 0.15) is 13.3 Å². The lowest BCUT2D eigenvalue weighted by Gasteiger charge is -2.19. The molecule has 0 amide bonds. The Hall–Kier alpha value is -1.12. The predicted octanol–water partition coefficient (Wildman–Crippen LogP) is 0.908. The number of nitrogens with two attached hydrogens (primary N) is 1. The molecule has 1 aromatic heterocycles. The van der Waals surface area contributed by atoms with Gasteiger partial charge in [0, 0.05) is 25.7 Å². The van der Waals surface area contributed by atoms with Gasteiger partial charge >= 0.3 is 0 Å². The minimum atomic E-state index is -3.75. The van der Waals surface area contributed by atoms with E-state index in [4.69, 9.17) is 18.0 Å². The Balaban J connectivity index is 2.99. The zero-order valence-corrected chi connectivity index (χ0v) is 11.5. The van der Waals surface area contributed by atoms with Gasteiger partial charge in [-0.25, -0.2) is 12.8 Å². The molecule has 8 heteroatoms. The van der Waals surface area contributed by atoms with Gasteiger partial charge in [-0.1, -0.05) is 19.1 Å². The van der Waals surface area contributed by atoms with Gasteiger partial charge in [0.2, 0.25) is 10.0 Å². The summed E-state index contributed by atoms with van der Waals surface area (Å²) in [6, 6.07) is 0.936. The summed E-state index contributed by atoms with van der Waals surface area (Å²) in [5.41, 5.74) is 5.34. The molecule has 1 aromatic rings. The zero-order valence-electron chi connectivity index (χ0n) is 9.84. The van der Waals surface area contributed by atoms with E-state index < -0.39 is 15.8 Å². The van der Waals surface area contributed by atoms with Crippen molar-refractivity contribution < 1.29 is 12.8 Å². The number of aromatic nitrogens is 1. The predicted molar refractivity (Wildman–Crippen MR) is 70.0 cm³/mol. The van der Waals surface area contributed by atoms with E-state index in [9.17, 15) is 12.8 Å². The Morgan fingerprint density at radius 2 is 2.22 bits per heavy atom. The molecule has 5 nitrogen and oxygen atoms in total. The number of hydrogen-bond acceptors (Lipinski definition) is 4. The second-order valence-corrected chi connectivity index (χ2v) is 6.01. The Kier molecular flexibility index (Phi) is 5.12. The molecule has 0 aliphatic heterocycles. The van der Waals surface area contributed by atoms with E-state index in [1.54, 1.807) is 6.92 Å². The number of nitrogens with zero attached hydrogens (tertiary/aromatic N) is 2. The topological polar surface area (TPSA) is 76.3 Å². The summed E-state index contributed by atoms with van der Waals surface area (Å²) in [6.07, 6.45) is 2.34. The van der Waals surface area contributed by atoms with Gasteiger partial charge in [0.15, 0.2) is 0 Å². The quantitative estimate of drug-likeness (QED) is 0.788. The summed E-state index contributed by atoms with van der Waals surface area (Å²) in [7, 11) is -3.75. The highest BCUT2D eigenvalue weighted by atomic mass is 32.2. The highest BCUT2D eigenvalue weighted by Crippen LogP contribution is 2.15. The van der Waals surface area contributed by atoms with Crippen LogP contribution < -0.4 is 5.73 Å². The number of hydrogen-bond donors (Lipinski definition) is 1. The molecule has 2 N–H and O–H groups in total. The van der Waals surface area contributed by atoms with E-state index in [1.165, 1.54) is 4.31 Å². The number of sulfonamides is 1. The van der Waals surface area contributed by atoms with Crippen LogP contribution in [0.15, 0.2) is 23.4 Å². The van der Waals surface area contributed by atoms with Gasteiger partial charge in [-0.3, -0.25) is 4.98 Å². The average molecular weight is 291 g/mol. The average Bonchev–Trinajstić information content (AvgIpc) is 2.29. The lowest BCUT2D eigenvalue weighted by Crippen LogP contribution is -2.33. The van der Waals surface area contributed by atoms with Crippen molar-refractivity contribution in [1.82, 2.24) is 9.29 Å². The molecule has 0 fully saturated rings. The molecule has 0 aliphatic rings. The van der Waals surface area contributed by atoms with Gasteiger partial charge in [0.05, 0.1) is 11.2 Å². The SMILES string of the molecule is CCN(CCC(N)=S)S(=O)(=O)c1cncc(F)c1. The Morgan fingerprint density at radius 3 is 2.72 bits per heavy atom. The molecular formula is C10H14FN3O2S2. The highest BCUT2D eigenvalue weighted by Gasteiger charge is 2.23. The van der Waals surface area contributed by atoms with E-state index in [1.807, 2.05) is 0 Å². The van der Waals surface area contributed by atoms with E-state index >= 15 is 0 Å². The molecule has 0 saturated heterocycles. The molecule has 0 spiro atoms. The normalized spacial score (nSPS) is 11.7. The fourth-order valence-corrected chi connectivity index (χ4v) is 2.88. The van der Waals surface area contributed by atoms with Crippen LogP contribution in [0.5, 0.6) is 0 Å².